The van der Waals surface area contributed by atoms with Crippen LogP contribution in [0, 0.1) is 0 Å². The molecule has 0 aliphatic carbocycles. The van der Waals surface area contributed by atoms with Gasteiger partial charge in [0.25, 0.3) is 0 Å². The van der Waals surface area contributed by atoms with Crippen LogP contribution in [0.1, 0.15) is 29.4 Å². The molecule has 1 aliphatic rings. The first kappa shape index (κ1) is 15.3. The summed E-state index contributed by atoms with van der Waals surface area (Å²) in [5.41, 5.74) is 4.38. The molecule has 1 N–H and O–H groups in total. The maximum absolute atomic E-state index is 12.6. The van der Waals surface area contributed by atoms with E-state index in [9.17, 15) is 4.79 Å². The van der Waals surface area contributed by atoms with Crippen molar-refractivity contribution in [3.8, 4) is 0 Å². The van der Waals surface area contributed by atoms with Gasteiger partial charge in [0.1, 0.15) is 11.9 Å². The topological polar surface area (TPSA) is 49.0 Å². The Morgan fingerprint density at radius 2 is 2.00 bits per heavy atom. The van der Waals surface area contributed by atoms with E-state index in [1.54, 1.807) is 0 Å². The van der Waals surface area contributed by atoms with Crippen LogP contribution in [0.3, 0.4) is 0 Å². The van der Waals surface area contributed by atoms with Crippen LogP contribution in [-0.2, 0) is 11.2 Å². The molecular formula is C19H19N3OS. The van der Waals surface area contributed by atoms with Crippen LogP contribution in [0.15, 0.2) is 48.5 Å². The van der Waals surface area contributed by atoms with E-state index in [1.807, 2.05) is 35.2 Å². The fourth-order valence-corrected chi connectivity index (χ4v) is 3.66. The van der Waals surface area contributed by atoms with E-state index in [4.69, 9.17) is 4.98 Å². The molecule has 0 radical (unpaired) electrons. The minimum absolute atomic E-state index is 0.130. The number of carbonyl (C=O) groups excluding carboxylic acids is 1. The number of rotatable bonds is 3. The lowest BCUT2D eigenvalue weighted by molar-refractivity contribution is -0.132. The summed E-state index contributed by atoms with van der Waals surface area (Å²) in [7, 11) is 0. The monoisotopic (exact) mass is 337 g/mol. The molecule has 4 rings (SSSR count). The van der Waals surface area contributed by atoms with Crippen molar-refractivity contribution in [2.75, 3.05) is 12.3 Å². The number of para-hydroxylation sites is 2. The predicted octanol–water partition coefficient (Wildman–Crippen LogP) is 3.36. The zero-order valence-corrected chi connectivity index (χ0v) is 14.2. The highest BCUT2D eigenvalue weighted by Crippen LogP contribution is 2.35. The van der Waals surface area contributed by atoms with Crippen LogP contribution in [0.4, 0.5) is 0 Å². The van der Waals surface area contributed by atoms with E-state index in [2.05, 4.69) is 35.8 Å². The molecule has 1 aliphatic heterocycles. The molecule has 0 fully saturated rings. The fourth-order valence-electron chi connectivity index (χ4n) is 3.47. The lowest BCUT2D eigenvalue weighted by Gasteiger charge is -2.36. The van der Waals surface area contributed by atoms with Crippen LogP contribution in [0.5, 0.6) is 0 Å². The average molecular weight is 337 g/mol. The summed E-state index contributed by atoms with van der Waals surface area (Å²) in [5.74, 6) is 1.52. The maximum atomic E-state index is 12.6. The van der Waals surface area contributed by atoms with Crippen LogP contribution in [0.2, 0.25) is 0 Å². The Morgan fingerprint density at radius 3 is 2.83 bits per heavy atom. The number of nitrogens with zero attached hydrogens (tertiary/aromatic N) is 2. The molecule has 3 aromatic rings. The Morgan fingerprint density at radius 1 is 1.21 bits per heavy atom. The summed E-state index contributed by atoms with van der Waals surface area (Å²) in [5, 5.41) is 0. The zero-order chi connectivity index (χ0) is 16.5. The summed E-state index contributed by atoms with van der Waals surface area (Å²) >= 11 is 4.22. The largest absolute Gasteiger partial charge is 0.340 e. The number of hydrogen-bond acceptors (Lipinski definition) is 3. The Bertz CT molecular complexity index is 856. The van der Waals surface area contributed by atoms with Gasteiger partial charge >= 0.3 is 0 Å². The number of carbonyl (C=O) groups is 1. The van der Waals surface area contributed by atoms with Crippen molar-refractivity contribution in [2.45, 2.75) is 18.9 Å². The minimum atomic E-state index is -0.158. The van der Waals surface area contributed by atoms with Gasteiger partial charge < -0.3 is 9.88 Å². The van der Waals surface area contributed by atoms with Gasteiger partial charge in [-0.2, -0.15) is 12.6 Å². The van der Waals surface area contributed by atoms with E-state index in [1.165, 1.54) is 5.56 Å². The third-order valence-electron chi connectivity index (χ3n) is 4.60. The second kappa shape index (κ2) is 6.32. The quantitative estimate of drug-likeness (QED) is 0.720. The number of fused-ring (bicyclic) bond motifs is 2. The number of aromatic amines is 1. The average Bonchev–Trinajstić information content (AvgIpc) is 3.04. The third-order valence-corrected chi connectivity index (χ3v) is 4.82. The molecule has 0 saturated heterocycles. The van der Waals surface area contributed by atoms with E-state index in [-0.39, 0.29) is 11.9 Å². The van der Waals surface area contributed by atoms with Crippen molar-refractivity contribution in [3.63, 3.8) is 0 Å². The van der Waals surface area contributed by atoms with Crippen LogP contribution < -0.4 is 0 Å². The zero-order valence-electron chi connectivity index (χ0n) is 13.3. The van der Waals surface area contributed by atoms with E-state index < -0.39 is 0 Å². The molecule has 1 amide bonds. The normalized spacial score (nSPS) is 17.0. The Labute approximate surface area is 146 Å². The summed E-state index contributed by atoms with van der Waals surface area (Å²) < 4.78 is 0. The Balaban J connectivity index is 1.84. The molecule has 2 aromatic carbocycles. The molecule has 5 heteroatoms. The number of aromatic nitrogens is 2. The number of H-pyrrole nitrogens is 1. The second-order valence-electron chi connectivity index (χ2n) is 6.05. The number of benzene rings is 2. The molecule has 4 nitrogen and oxygen atoms in total. The standard InChI is InChI=1S/C19H19N3OS/c23-17(10-12-24)22-11-9-13-5-1-2-6-14(13)18(22)19-20-15-7-3-4-8-16(15)21-19/h1-8,18,24H,9-12H2,(H,20,21). The number of thiol groups is 1. The first-order valence-corrected chi connectivity index (χ1v) is 8.84. The first-order chi connectivity index (χ1) is 11.8. The third kappa shape index (κ3) is 2.59. The lowest BCUT2D eigenvalue weighted by Crippen LogP contribution is -2.41. The number of nitrogens with one attached hydrogen (secondary N) is 1. The Hall–Kier alpha value is -2.27. The number of hydrogen-bond donors (Lipinski definition) is 2. The van der Waals surface area contributed by atoms with Crippen molar-refractivity contribution in [3.05, 3.63) is 65.5 Å². The summed E-state index contributed by atoms with van der Waals surface area (Å²) in [6.45, 7) is 0.714. The van der Waals surface area contributed by atoms with Gasteiger partial charge in [0.15, 0.2) is 0 Å². The van der Waals surface area contributed by atoms with Gasteiger partial charge in [0.05, 0.1) is 11.0 Å². The molecule has 1 unspecified atom stereocenters. The smallest absolute Gasteiger partial charge is 0.224 e. The van der Waals surface area contributed by atoms with Gasteiger partial charge in [0, 0.05) is 13.0 Å². The van der Waals surface area contributed by atoms with Gasteiger partial charge in [-0.3, -0.25) is 4.79 Å². The van der Waals surface area contributed by atoms with E-state index in [0.29, 0.717) is 18.7 Å². The molecule has 0 saturated carbocycles. The molecule has 2 heterocycles. The highest BCUT2D eigenvalue weighted by atomic mass is 32.1. The van der Waals surface area contributed by atoms with Crippen molar-refractivity contribution < 1.29 is 4.79 Å². The van der Waals surface area contributed by atoms with Crippen LogP contribution in [0.25, 0.3) is 11.0 Å². The van der Waals surface area contributed by atoms with Crippen molar-refractivity contribution in [2.24, 2.45) is 0 Å². The van der Waals surface area contributed by atoms with Gasteiger partial charge in [-0.25, -0.2) is 4.98 Å². The highest BCUT2D eigenvalue weighted by Gasteiger charge is 2.33. The molecule has 0 spiro atoms. The van der Waals surface area contributed by atoms with E-state index in [0.717, 1.165) is 28.8 Å². The molecule has 122 valence electrons. The Kier molecular flexibility index (Phi) is 4.02. The molecule has 24 heavy (non-hydrogen) atoms. The summed E-state index contributed by atoms with van der Waals surface area (Å²) in [6, 6.07) is 16.1. The second-order valence-corrected chi connectivity index (χ2v) is 6.50. The van der Waals surface area contributed by atoms with Crippen LogP contribution in [-0.4, -0.2) is 33.1 Å². The summed E-state index contributed by atoms with van der Waals surface area (Å²) in [4.78, 5) is 22.8. The molecule has 0 bridgehead atoms. The SMILES string of the molecule is O=C(CCS)N1CCc2ccccc2C1c1nc2ccccc2[nH]1. The molecular weight excluding hydrogens is 318 g/mol. The number of imidazole rings is 1. The first-order valence-electron chi connectivity index (χ1n) is 8.20. The number of amides is 1. The fraction of sp³-hybridized carbons (Fsp3) is 0.263. The predicted molar refractivity (Wildman–Crippen MR) is 98.3 cm³/mol. The van der Waals surface area contributed by atoms with Crippen molar-refractivity contribution >= 4 is 29.6 Å². The van der Waals surface area contributed by atoms with Gasteiger partial charge in [0.2, 0.25) is 5.91 Å². The van der Waals surface area contributed by atoms with E-state index >= 15 is 0 Å². The van der Waals surface area contributed by atoms with Crippen molar-refractivity contribution in [1.29, 1.82) is 0 Å². The highest BCUT2D eigenvalue weighted by molar-refractivity contribution is 7.80. The van der Waals surface area contributed by atoms with Gasteiger partial charge in [-0.05, 0) is 35.4 Å². The van der Waals surface area contributed by atoms with Crippen LogP contribution >= 0.6 is 12.6 Å². The molecule has 1 atom stereocenters. The maximum Gasteiger partial charge on any atom is 0.224 e. The van der Waals surface area contributed by atoms with Gasteiger partial charge in [-0.1, -0.05) is 36.4 Å². The summed E-state index contributed by atoms with van der Waals surface area (Å²) in [6.07, 6.45) is 1.33. The molecule has 1 aromatic heterocycles. The van der Waals surface area contributed by atoms with Gasteiger partial charge in [-0.15, -0.1) is 0 Å². The van der Waals surface area contributed by atoms with Crippen molar-refractivity contribution in [1.82, 2.24) is 14.9 Å². The lowest BCUT2D eigenvalue weighted by atomic mass is 9.92. The minimum Gasteiger partial charge on any atom is -0.340 e.